The van der Waals surface area contributed by atoms with E-state index in [0.29, 0.717) is 0 Å². The summed E-state index contributed by atoms with van der Waals surface area (Å²) in [6.07, 6.45) is 3.21. The average molecular weight is 311 g/mol. The summed E-state index contributed by atoms with van der Waals surface area (Å²) in [4.78, 5) is 40.1. The molecular formula is C14H21N3O5. The molecule has 2 N–H and O–H groups in total. The lowest BCUT2D eigenvalue weighted by Crippen LogP contribution is -2.42. The first-order valence-electron chi connectivity index (χ1n) is 7.35. The Morgan fingerprint density at radius 1 is 1.27 bits per heavy atom. The van der Waals surface area contributed by atoms with Gasteiger partial charge in [-0.25, -0.2) is 9.59 Å². The maximum absolute atomic E-state index is 12.5. The van der Waals surface area contributed by atoms with Crippen molar-refractivity contribution in [3.63, 3.8) is 0 Å². The number of nitrogens with one attached hydrogen (secondary N) is 1. The molecule has 0 bridgehead atoms. The Labute approximate surface area is 127 Å². The van der Waals surface area contributed by atoms with Crippen LogP contribution < -0.4 is 11.2 Å². The maximum Gasteiger partial charge on any atom is 0.352 e. The van der Waals surface area contributed by atoms with Crippen molar-refractivity contribution < 1.29 is 14.6 Å². The van der Waals surface area contributed by atoms with Gasteiger partial charge >= 0.3 is 11.7 Å². The number of hydrogen-bond acceptors (Lipinski definition) is 5. The molecule has 122 valence electrons. The number of aromatic nitrogens is 2. The zero-order valence-corrected chi connectivity index (χ0v) is 12.6. The summed E-state index contributed by atoms with van der Waals surface area (Å²) >= 11 is 0. The van der Waals surface area contributed by atoms with E-state index in [1.54, 1.807) is 0 Å². The van der Waals surface area contributed by atoms with E-state index in [-0.39, 0.29) is 31.0 Å². The molecule has 1 aliphatic heterocycles. The summed E-state index contributed by atoms with van der Waals surface area (Å²) in [5.74, 6) is -1.29. The van der Waals surface area contributed by atoms with Gasteiger partial charge in [-0.3, -0.25) is 14.3 Å². The number of likely N-dealkylation sites (tertiary alicyclic amines) is 1. The van der Waals surface area contributed by atoms with E-state index < -0.39 is 17.2 Å². The minimum atomic E-state index is -1.29. The van der Waals surface area contributed by atoms with E-state index in [0.717, 1.165) is 36.9 Å². The molecule has 8 heteroatoms. The van der Waals surface area contributed by atoms with Crippen molar-refractivity contribution in [2.45, 2.75) is 32.4 Å². The van der Waals surface area contributed by atoms with Crippen LogP contribution in [0.1, 0.15) is 35.3 Å². The number of rotatable bonds is 6. The molecule has 0 radical (unpaired) electrons. The lowest BCUT2D eigenvalue weighted by atomic mass is 10.1. The lowest BCUT2D eigenvalue weighted by Gasteiger charge is -2.26. The highest BCUT2D eigenvalue weighted by Gasteiger charge is 2.21. The monoisotopic (exact) mass is 311 g/mol. The Balaban J connectivity index is 2.41. The molecule has 0 aliphatic carbocycles. The number of carboxylic acid groups (broad SMARTS) is 1. The van der Waals surface area contributed by atoms with Crippen molar-refractivity contribution in [3.05, 3.63) is 32.1 Å². The lowest BCUT2D eigenvalue weighted by molar-refractivity contribution is 0.0685. The maximum atomic E-state index is 12.5. The van der Waals surface area contributed by atoms with Crippen LogP contribution in [0.25, 0.3) is 0 Å². The Kier molecular flexibility index (Phi) is 5.51. The second-order valence-electron chi connectivity index (χ2n) is 5.38. The van der Waals surface area contributed by atoms with E-state index in [1.807, 2.05) is 4.90 Å². The van der Waals surface area contributed by atoms with Gasteiger partial charge in [0.15, 0.2) is 0 Å². The van der Waals surface area contributed by atoms with Crippen molar-refractivity contribution in [1.82, 2.24) is 14.5 Å². The first-order valence-corrected chi connectivity index (χ1v) is 7.35. The first-order chi connectivity index (χ1) is 10.5. The molecule has 22 heavy (non-hydrogen) atoms. The molecule has 2 rings (SSSR count). The number of aromatic carboxylic acids is 1. The zero-order valence-electron chi connectivity index (χ0n) is 12.6. The SMILES string of the molecule is COCCn1c(=O)[nH]c(C(=O)O)c(CN2CCCCC2)c1=O. The molecule has 0 spiro atoms. The van der Waals surface area contributed by atoms with Gasteiger partial charge in [-0.15, -0.1) is 0 Å². The second-order valence-corrected chi connectivity index (χ2v) is 5.38. The van der Waals surface area contributed by atoms with E-state index in [2.05, 4.69) is 4.98 Å². The normalized spacial score (nSPS) is 15.9. The first kappa shape index (κ1) is 16.4. The van der Waals surface area contributed by atoms with Crippen LogP contribution in [0.2, 0.25) is 0 Å². The summed E-state index contributed by atoms with van der Waals surface area (Å²) in [5.41, 5.74) is -1.45. The highest BCUT2D eigenvalue weighted by molar-refractivity contribution is 5.86. The number of nitrogens with zero attached hydrogens (tertiary/aromatic N) is 2. The van der Waals surface area contributed by atoms with Crippen LogP contribution in [-0.2, 0) is 17.8 Å². The van der Waals surface area contributed by atoms with E-state index in [9.17, 15) is 19.5 Å². The van der Waals surface area contributed by atoms with Crippen LogP contribution in [0.4, 0.5) is 0 Å². The molecule has 2 heterocycles. The molecule has 0 aromatic carbocycles. The number of hydrogen-bond donors (Lipinski definition) is 2. The van der Waals surface area contributed by atoms with Gasteiger partial charge in [-0.05, 0) is 25.9 Å². The molecular weight excluding hydrogens is 290 g/mol. The summed E-state index contributed by atoms with van der Waals surface area (Å²) in [5, 5.41) is 9.25. The number of carboxylic acids is 1. The Morgan fingerprint density at radius 3 is 2.55 bits per heavy atom. The van der Waals surface area contributed by atoms with Crippen LogP contribution in [-0.4, -0.2) is 52.3 Å². The highest BCUT2D eigenvalue weighted by atomic mass is 16.5. The van der Waals surface area contributed by atoms with Crippen molar-refractivity contribution in [2.24, 2.45) is 0 Å². The smallest absolute Gasteiger partial charge is 0.352 e. The van der Waals surface area contributed by atoms with Gasteiger partial charge in [-0.2, -0.15) is 0 Å². The zero-order chi connectivity index (χ0) is 16.1. The Morgan fingerprint density at radius 2 is 1.95 bits per heavy atom. The fourth-order valence-electron chi connectivity index (χ4n) is 2.67. The molecule has 1 saturated heterocycles. The third kappa shape index (κ3) is 3.63. The third-order valence-corrected chi connectivity index (χ3v) is 3.85. The van der Waals surface area contributed by atoms with Crippen molar-refractivity contribution >= 4 is 5.97 Å². The van der Waals surface area contributed by atoms with Gasteiger partial charge < -0.3 is 14.8 Å². The Bertz CT molecular complexity index is 643. The quantitative estimate of drug-likeness (QED) is 0.758. The predicted octanol–water partition coefficient (Wildman–Crippen LogP) is -0.133. The van der Waals surface area contributed by atoms with Crippen molar-refractivity contribution in [2.75, 3.05) is 26.8 Å². The van der Waals surface area contributed by atoms with Gasteiger partial charge in [0.05, 0.1) is 18.7 Å². The molecule has 1 aliphatic rings. The van der Waals surface area contributed by atoms with Crippen LogP contribution >= 0.6 is 0 Å². The molecule has 1 fully saturated rings. The fourth-order valence-corrected chi connectivity index (χ4v) is 2.67. The van der Waals surface area contributed by atoms with Crippen LogP contribution in [0.3, 0.4) is 0 Å². The summed E-state index contributed by atoms with van der Waals surface area (Å²) < 4.78 is 5.88. The average Bonchev–Trinajstić information content (AvgIpc) is 2.50. The van der Waals surface area contributed by atoms with Crippen LogP contribution in [0.15, 0.2) is 9.59 Å². The minimum Gasteiger partial charge on any atom is -0.477 e. The van der Waals surface area contributed by atoms with Crippen molar-refractivity contribution in [3.8, 4) is 0 Å². The number of H-pyrrole nitrogens is 1. The number of aromatic amines is 1. The molecule has 1 aromatic rings. The third-order valence-electron chi connectivity index (χ3n) is 3.85. The molecule has 0 saturated carbocycles. The standard InChI is InChI=1S/C14H21N3O5/c1-22-8-7-17-12(18)10(9-16-5-3-2-4-6-16)11(13(19)20)15-14(17)21/h2-9H2,1H3,(H,15,21)(H,19,20). The predicted molar refractivity (Wildman–Crippen MR) is 79.3 cm³/mol. The fraction of sp³-hybridized carbons (Fsp3) is 0.643. The molecule has 8 nitrogen and oxygen atoms in total. The Hall–Kier alpha value is -1.93. The number of methoxy groups -OCH3 is 1. The summed E-state index contributed by atoms with van der Waals surface area (Å²) in [6, 6.07) is 0. The largest absolute Gasteiger partial charge is 0.477 e. The topological polar surface area (TPSA) is 105 Å². The van der Waals surface area contributed by atoms with Gasteiger partial charge in [0, 0.05) is 13.7 Å². The van der Waals surface area contributed by atoms with Crippen molar-refractivity contribution in [1.29, 1.82) is 0 Å². The van der Waals surface area contributed by atoms with Gasteiger partial charge in [0.25, 0.3) is 5.56 Å². The molecule has 0 amide bonds. The molecule has 1 aromatic heterocycles. The second kappa shape index (κ2) is 7.37. The molecule has 0 unspecified atom stereocenters. The van der Waals surface area contributed by atoms with Crippen LogP contribution in [0.5, 0.6) is 0 Å². The van der Waals surface area contributed by atoms with E-state index in [4.69, 9.17) is 4.74 Å². The van der Waals surface area contributed by atoms with Gasteiger partial charge in [0.2, 0.25) is 0 Å². The number of carbonyl (C=O) groups is 1. The van der Waals surface area contributed by atoms with Gasteiger partial charge in [0.1, 0.15) is 5.69 Å². The summed E-state index contributed by atoms with van der Waals surface area (Å²) in [6.45, 7) is 2.20. The minimum absolute atomic E-state index is 0.0948. The van der Waals surface area contributed by atoms with E-state index in [1.165, 1.54) is 7.11 Å². The molecule has 0 atom stereocenters. The highest BCUT2D eigenvalue weighted by Crippen LogP contribution is 2.12. The number of piperidine rings is 1. The van der Waals surface area contributed by atoms with Gasteiger partial charge in [-0.1, -0.05) is 6.42 Å². The number of ether oxygens (including phenoxy) is 1. The van der Waals surface area contributed by atoms with E-state index >= 15 is 0 Å². The summed E-state index contributed by atoms with van der Waals surface area (Å²) in [7, 11) is 1.47. The van der Waals surface area contributed by atoms with Crippen LogP contribution in [0, 0.1) is 0 Å².